The van der Waals surface area contributed by atoms with Gasteiger partial charge in [-0.05, 0) is 23.8 Å². The number of esters is 1. The van der Waals surface area contributed by atoms with Gasteiger partial charge in [-0.15, -0.1) is 0 Å². The summed E-state index contributed by atoms with van der Waals surface area (Å²) >= 11 is 5.76. The molecule has 2 N–H and O–H groups in total. The standard InChI is InChI=1S/C14H13ClN2O3/c15-11-3-1-10(2-4-11)9-20-14(19)8-17-7-12(16)5-6-13(17)18/h1-7H,8-9,16H2. The van der Waals surface area contributed by atoms with E-state index in [0.29, 0.717) is 10.7 Å². The number of hydrogen-bond acceptors (Lipinski definition) is 4. The topological polar surface area (TPSA) is 74.3 Å². The molecule has 20 heavy (non-hydrogen) atoms. The van der Waals surface area contributed by atoms with Gasteiger partial charge in [0.05, 0.1) is 0 Å². The molecule has 0 saturated carbocycles. The van der Waals surface area contributed by atoms with Gasteiger partial charge in [0.2, 0.25) is 0 Å². The van der Waals surface area contributed by atoms with E-state index in [1.54, 1.807) is 24.3 Å². The molecule has 1 aromatic carbocycles. The third kappa shape index (κ3) is 3.86. The Bertz CT molecular complexity index is 665. The minimum Gasteiger partial charge on any atom is -0.459 e. The van der Waals surface area contributed by atoms with Crippen LogP contribution in [0.15, 0.2) is 47.4 Å². The maximum Gasteiger partial charge on any atom is 0.326 e. The highest BCUT2D eigenvalue weighted by Crippen LogP contribution is 2.10. The Morgan fingerprint density at radius 3 is 2.60 bits per heavy atom. The van der Waals surface area contributed by atoms with Gasteiger partial charge < -0.3 is 15.0 Å². The maximum atomic E-state index is 11.7. The molecule has 0 bridgehead atoms. The molecular formula is C14H13ClN2O3. The fourth-order valence-corrected chi connectivity index (χ4v) is 1.73. The summed E-state index contributed by atoms with van der Waals surface area (Å²) in [4.78, 5) is 23.2. The number of pyridine rings is 1. The Kier molecular flexibility index (Phi) is 4.42. The van der Waals surface area contributed by atoms with Crippen LogP contribution >= 0.6 is 11.6 Å². The van der Waals surface area contributed by atoms with Crippen molar-refractivity contribution in [3.63, 3.8) is 0 Å². The lowest BCUT2D eigenvalue weighted by Crippen LogP contribution is -2.24. The third-order valence-electron chi connectivity index (χ3n) is 2.62. The molecule has 0 unspecified atom stereocenters. The first-order valence-electron chi connectivity index (χ1n) is 5.90. The lowest BCUT2D eigenvalue weighted by molar-refractivity contribution is -0.145. The lowest BCUT2D eigenvalue weighted by atomic mass is 10.2. The van der Waals surface area contributed by atoms with E-state index in [1.165, 1.54) is 22.9 Å². The van der Waals surface area contributed by atoms with Crippen molar-refractivity contribution >= 4 is 23.3 Å². The highest BCUT2D eigenvalue weighted by Gasteiger charge is 2.06. The molecular weight excluding hydrogens is 280 g/mol. The summed E-state index contributed by atoms with van der Waals surface area (Å²) in [6.45, 7) is -0.0372. The van der Waals surface area contributed by atoms with Gasteiger partial charge in [-0.2, -0.15) is 0 Å². The SMILES string of the molecule is Nc1ccc(=O)n(CC(=O)OCc2ccc(Cl)cc2)c1. The summed E-state index contributed by atoms with van der Waals surface area (Å²) in [5, 5.41) is 0.617. The van der Waals surface area contributed by atoms with E-state index < -0.39 is 5.97 Å². The highest BCUT2D eigenvalue weighted by molar-refractivity contribution is 6.30. The largest absolute Gasteiger partial charge is 0.459 e. The Labute approximate surface area is 120 Å². The van der Waals surface area contributed by atoms with E-state index in [0.717, 1.165) is 5.56 Å². The summed E-state index contributed by atoms with van der Waals surface area (Å²) in [6.07, 6.45) is 1.41. The van der Waals surface area contributed by atoms with E-state index in [4.69, 9.17) is 22.1 Å². The van der Waals surface area contributed by atoms with Crippen molar-refractivity contribution in [1.82, 2.24) is 4.57 Å². The molecule has 104 valence electrons. The number of aromatic nitrogens is 1. The Hall–Kier alpha value is -2.27. The Morgan fingerprint density at radius 2 is 1.90 bits per heavy atom. The van der Waals surface area contributed by atoms with Crippen LogP contribution in [0.2, 0.25) is 5.02 Å². The number of hydrogen-bond donors (Lipinski definition) is 1. The minimum atomic E-state index is -0.507. The Balaban J connectivity index is 1.94. The molecule has 0 saturated heterocycles. The van der Waals surface area contributed by atoms with Crippen molar-refractivity contribution < 1.29 is 9.53 Å². The smallest absolute Gasteiger partial charge is 0.326 e. The van der Waals surface area contributed by atoms with Crippen LogP contribution in [0.1, 0.15) is 5.56 Å². The average Bonchev–Trinajstić information content (AvgIpc) is 2.42. The van der Waals surface area contributed by atoms with Gasteiger partial charge in [0.25, 0.3) is 5.56 Å². The van der Waals surface area contributed by atoms with Gasteiger partial charge in [0, 0.05) is 23.0 Å². The van der Waals surface area contributed by atoms with Crippen molar-refractivity contribution in [3.05, 3.63) is 63.5 Å². The molecule has 1 aromatic heterocycles. The third-order valence-corrected chi connectivity index (χ3v) is 2.87. The van der Waals surface area contributed by atoms with Crippen LogP contribution in [0.25, 0.3) is 0 Å². The van der Waals surface area contributed by atoms with Gasteiger partial charge >= 0.3 is 5.97 Å². The number of carbonyl (C=O) groups is 1. The van der Waals surface area contributed by atoms with E-state index >= 15 is 0 Å². The molecule has 2 rings (SSSR count). The van der Waals surface area contributed by atoms with Crippen LogP contribution in [0.4, 0.5) is 5.69 Å². The molecule has 0 amide bonds. The lowest BCUT2D eigenvalue weighted by Gasteiger charge is -2.07. The molecule has 2 aromatic rings. The molecule has 0 aliphatic heterocycles. The summed E-state index contributed by atoms with van der Waals surface area (Å²) < 4.78 is 6.29. The molecule has 0 aliphatic carbocycles. The summed E-state index contributed by atoms with van der Waals surface area (Å²) in [5.74, 6) is -0.507. The molecule has 1 heterocycles. The van der Waals surface area contributed by atoms with Crippen LogP contribution in [-0.4, -0.2) is 10.5 Å². The van der Waals surface area contributed by atoms with E-state index in [1.807, 2.05) is 0 Å². The second kappa shape index (κ2) is 6.25. The van der Waals surface area contributed by atoms with Crippen molar-refractivity contribution in [1.29, 1.82) is 0 Å². The van der Waals surface area contributed by atoms with Crippen molar-refractivity contribution in [2.45, 2.75) is 13.2 Å². The molecule has 0 fully saturated rings. The number of ether oxygens (including phenoxy) is 1. The molecule has 0 aliphatic rings. The number of anilines is 1. The van der Waals surface area contributed by atoms with Crippen molar-refractivity contribution in [2.75, 3.05) is 5.73 Å². The summed E-state index contributed by atoms with van der Waals surface area (Å²) in [7, 11) is 0. The number of rotatable bonds is 4. The van der Waals surface area contributed by atoms with E-state index in [-0.39, 0.29) is 18.7 Å². The van der Waals surface area contributed by atoms with Crippen LogP contribution < -0.4 is 11.3 Å². The zero-order valence-corrected chi connectivity index (χ0v) is 11.3. The molecule has 6 heteroatoms. The quantitative estimate of drug-likeness (QED) is 0.873. The number of carbonyl (C=O) groups excluding carboxylic acids is 1. The normalized spacial score (nSPS) is 10.2. The zero-order chi connectivity index (χ0) is 14.5. The van der Waals surface area contributed by atoms with Gasteiger partial charge in [-0.3, -0.25) is 9.59 Å². The number of benzene rings is 1. The number of nitrogens with two attached hydrogens (primary N) is 1. The van der Waals surface area contributed by atoms with Gasteiger partial charge in [-0.25, -0.2) is 0 Å². The van der Waals surface area contributed by atoms with Crippen LogP contribution in [-0.2, 0) is 22.7 Å². The number of nitrogen functional groups attached to an aromatic ring is 1. The van der Waals surface area contributed by atoms with E-state index in [9.17, 15) is 9.59 Å². The predicted molar refractivity (Wildman–Crippen MR) is 76.4 cm³/mol. The van der Waals surface area contributed by atoms with Crippen LogP contribution in [0.3, 0.4) is 0 Å². The van der Waals surface area contributed by atoms with Crippen LogP contribution in [0.5, 0.6) is 0 Å². The Morgan fingerprint density at radius 1 is 1.20 bits per heavy atom. The second-order valence-corrected chi connectivity index (χ2v) is 4.65. The molecule has 0 spiro atoms. The molecule has 0 radical (unpaired) electrons. The number of nitrogens with zero attached hydrogens (tertiary/aromatic N) is 1. The molecule has 5 nitrogen and oxygen atoms in total. The predicted octanol–water partition coefficient (Wildman–Crippen LogP) is 1.83. The number of halogens is 1. The first-order chi connectivity index (χ1) is 9.54. The summed E-state index contributed by atoms with van der Waals surface area (Å²) in [6, 6.07) is 9.75. The first kappa shape index (κ1) is 14.1. The fourth-order valence-electron chi connectivity index (χ4n) is 1.60. The minimum absolute atomic E-state index is 0.132. The van der Waals surface area contributed by atoms with Crippen molar-refractivity contribution in [3.8, 4) is 0 Å². The maximum absolute atomic E-state index is 11.7. The highest BCUT2D eigenvalue weighted by atomic mass is 35.5. The van der Waals surface area contributed by atoms with Gasteiger partial charge in [0.1, 0.15) is 13.2 Å². The molecule has 0 atom stereocenters. The monoisotopic (exact) mass is 292 g/mol. The van der Waals surface area contributed by atoms with Gasteiger partial charge in [0.15, 0.2) is 0 Å². The zero-order valence-electron chi connectivity index (χ0n) is 10.6. The second-order valence-electron chi connectivity index (χ2n) is 4.22. The van der Waals surface area contributed by atoms with Crippen LogP contribution in [0, 0.1) is 0 Å². The first-order valence-corrected chi connectivity index (χ1v) is 6.28. The average molecular weight is 293 g/mol. The fraction of sp³-hybridized carbons (Fsp3) is 0.143. The van der Waals surface area contributed by atoms with E-state index in [2.05, 4.69) is 0 Å². The van der Waals surface area contributed by atoms with Crippen molar-refractivity contribution in [2.24, 2.45) is 0 Å². The van der Waals surface area contributed by atoms with Gasteiger partial charge in [-0.1, -0.05) is 23.7 Å². The summed E-state index contributed by atoms with van der Waals surface area (Å²) in [5.41, 5.74) is 6.49.